The molecule has 1 heterocycles. The number of carboxylic acids is 1. The zero-order valence-corrected chi connectivity index (χ0v) is 12.2. The Labute approximate surface area is 117 Å². The highest BCUT2D eigenvalue weighted by Gasteiger charge is 2.44. The van der Waals surface area contributed by atoms with Gasteiger partial charge in [0.1, 0.15) is 0 Å². The molecule has 0 amide bonds. The maximum absolute atomic E-state index is 11.3. The van der Waals surface area contributed by atoms with Gasteiger partial charge >= 0.3 is 11.7 Å². The number of hydrogen-bond donors (Lipinski definition) is 2. The molecule has 0 atom stereocenters. The summed E-state index contributed by atoms with van der Waals surface area (Å²) in [5, 5.41) is 23.2. The fourth-order valence-electron chi connectivity index (χ4n) is 1.51. The molecule has 0 saturated carbocycles. The summed E-state index contributed by atoms with van der Waals surface area (Å²) < 4.78 is 0. The molecule has 7 nitrogen and oxygen atoms in total. The lowest BCUT2D eigenvalue weighted by Gasteiger charge is -2.39. The number of pyridine rings is 1. The molecule has 0 saturated heterocycles. The summed E-state index contributed by atoms with van der Waals surface area (Å²) in [6.45, 7) is 8.18. The second-order valence-corrected chi connectivity index (χ2v) is 5.76. The Morgan fingerprint density at radius 3 is 2.35 bits per heavy atom. The first-order chi connectivity index (χ1) is 8.99. The molecule has 20 heavy (non-hydrogen) atoms. The van der Waals surface area contributed by atoms with Gasteiger partial charge in [-0.3, -0.25) is 14.9 Å². The molecule has 0 aliphatic carbocycles. The quantitative estimate of drug-likeness (QED) is 0.634. The molecule has 7 heteroatoms. The monoisotopic (exact) mass is 281 g/mol. The van der Waals surface area contributed by atoms with Gasteiger partial charge < -0.3 is 10.4 Å². The number of nitro groups is 1. The van der Waals surface area contributed by atoms with Crippen molar-refractivity contribution < 1.29 is 14.8 Å². The van der Waals surface area contributed by atoms with Crippen molar-refractivity contribution in [1.29, 1.82) is 0 Å². The van der Waals surface area contributed by atoms with Gasteiger partial charge in [-0.2, -0.15) is 0 Å². The molecule has 1 aromatic heterocycles. The van der Waals surface area contributed by atoms with Crippen LogP contribution in [-0.2, 0) is 4.79 Å². The number of nitrogens with zero attached hydrogens (tertiary/aromatic N) is 2. The number of aromatic nitrogens is 1. The van der Waals surface area contributed by atoms with Gasteiger partial charge in [-0.25, -0.2) is 4.98 Å². The van der Waals surface area contributed by atoms with E-state index in [-0.39, 0.29) is 11.5 Å². The number of rotatable bonds is 5. The van der Waals surface area contributed by atoms with E-state index in [2.05, 4.69) is 10.3 Å². The standard InChI is InChI=1S/C13H19N3O4/c1-8-6-7-9(16(19)20)10(14-8)15-13(4,5)12(2,3)11(17)18/h6-7H,1-5H3,(H,14,15)(H,17,18). The fourth-order valence-corrected chi connectivity index (χ4v) is 1.51. The summed E-state index contributed by atoms with van der Waals surface area (Å²) in [6, 6.07) is 2.90. The van der Waals surface area contributed by atoms with Gasteiger partial charge in [0.25, 0.3) is 0 Å². The smallest absolute Gasteiger partial charge is 0.311 e. The van der Waals surface area contributed by atoms with E-state index in [1.807, 2.05) is 0 Å². The number of aryl methyl sites for hydroxylation is 1. The van der Waals surface area contributed by atoms with Crippen molar-refractivity contribution in [2.45, 2.75) is 40.2 Å². The Morgan fingerprint density at radius 2 is 1.90 bits per heavy atom. The molecule has 2 N–H and O–H groups in total. The first-order valence-electron chi connectivity index (χ1n) is 6.12. The highest BCUT2D eigenvalue weighted by Crippen LogP contribution is 2.35. The summed E-state index contributed by atoms with van der Waals surface area (Å²) >= 11 is 0. The largest absolute Gasteiger partial charge is 0.481 e. The van der Waals surface area contributed by atoms with Crippen LogP contribution in [0.2, 0.25) is 0 Å². The molecular weight excluding hydrogens is 262 g/mol. The fraction of sp³-hybridized carbons (Fsp3) is 0.538. The van der Waals surface area contributed by atoms with E-state index in [0.717, 1.165) is 0 Å². The van der Waals surface area contributed by atoms with Crippen molar-refractivity contribution in [1.82, 2.24) is 4.98 Å². The van der Waals surface area contributed by atoms with Crippen LogP contribution in [0.1, 0.15) is 33.4 Å². The van der Waals surface area contributed by atoms with E-state index in [4.69, 9.17) is 0 Å². The zero-order chi connectivity index (χ0) is 15.7. The number of carbonyl (C=O) groups is 1. The average Bonchev–Trinajstić information content (AvgIpc) is 2.27. The Bertz CT molecular complexity index is 553. The van der Waals surface area contributed by atoms with E-state index in [1.165, 1.54) is 6.07 Å². The lowest BCUT2D eigenvalue weighted by molar-refractivity contribution is -0.384. The molecule has 0 fully saturated rings. The van der Waals surface area contributed by atoms with Gasteiger partial charge in [-0.05, 0) is 40.7 Å². The van der Waals surface area contributed by atoms with Crippen LogP contribution in [0.5, 0.6) is 0 Å². The molecule has 0 aromatic carbocycles. The predicted molar refractivity (Wildman–Crippen MR) is 74.7 cm³/mol. The highest BCUT2D eigenvalue weighted by molar-refractivity contribution is 5.76. The number of aliphatic carboxylic acids is 1. The van der Waals surface area contributed by atoms with Gasteiger partial charge in [0.15, 0.2) is 0 Å². The van der Waals surface area contributed by atoms with Crippen LogP contribution < -0.4 is 5.32 Å². The Balaban J connectivity index is 3.25. The highest BCUT2D eigenvalue weighted by atomic mass is 16.6. The first-order valence-corrected chi connectivity index (χ1v) is 6.12. The third kappa shape index (κ3) is 2.87. The Hall–Kier alpha value is -2.18. The second kappa shape index (κ2) is 5.07. The maximum Gasteiger partial charge on any atom is 0.311 e. The minimum absolute atomic E-state index is 0.0781. The molecule has 0 aliphatic heterocycles. The predicted octanol–water partition coefficient (Wildman–Crippen LogP) is 2.60. The SMILES string of the molecule is Cc1ccc([N+](=O)[O-])c(NC(C)(C)C(C)(C)C(=O)O)n1. The van der Waals surface area contributed by atoms with Crippen LogP contribution in [0.3, 0.4) is 0 Å². The second-order valence-electron chi connectivity index (χ2n) is 5.76. The van der Waals surface area contributed by atoms with Crippen LogP contribution in [0.4, 0.5) is 11.5 Å². The maximum atomic E-state index is 11.3. The van der Waals surface area contributed by atoms with Crippen molar-refractivity contribution in [2.24, 2.45) is 5.41 Å². The van der Waals surface area contributed by atoms with Crippen molar-refractivity contribution in [3.05, 3.63) is 27.9 Å². The van der Waals surface area contributed by atoms with E-state index in [9.17, 15) is 20.0 Å². The third-order valence-corrected chi connectivity index (χ3v) is 3.74. The number of nitrogens with one attached hydrogen (secondary N) is 1. The van der Waals surface area contributed by atoms with Crippen molar-refractivity contribution in [3.63, 3.8) is 0 Å². The summed E-state index contributed by atoms with van der Waals surface area (Å²) in [5.41, 5.74) is -1.62. The molecule has 0 unspecified atom stereocenters. The summed E-state index contributed by atoms with van der Waals surface area (Å²) in [6.07, 6.45) is 0. The van der Waals surface area contributed by atoms with E-state index < -0.39 is 21.8 Å². The zero-order valence-electron chi connectivity index (χ0n) is 12.2. The number of carboxylic acid groups (broad SMARTS) is 1. The van der Waals surface area contributed by atoms with Crippen molar-refractivity contribution in [2.75, 3.05) is 5.32 Å². The average molecular weight is 281 g/mol. The third-order valence-electron chi connectivity index (χ3n) is 3.74. The number of hydrogen-bond acceptors (Lipinski definition) is 5. The van der Waals surface area contributed by atoms with Crippen LogP contribution in [0.25, 0.3) is 0 Å². The van der Waals surface area contributed by atoms with Crippen LogP contribution >= 0.6 is 0 Å². The Morgan fingerprint density at radius 1 is 1.35 bits per heavy atom. The lowest BCUT2D eigenvalue weighted by Crippen LogP contribution is -2.50. The van der Waals surface area contributed by atoms with Crippen LogP contribution in [0.15, 0.2) is 12.1 Å². The summed E-state index contributed by atoms with van der Waals surface area (Å²) in [7, 11) is 0. The minimum Gasteiger partial charge on any atom is -0.481 e. The molecular formula is C13H19N3O4. The van der Waals surface area contributed by atoms with Crippen molar-refractivity contribution in [3.8, 4) is 0 Å². The van der Waals surface area contributed by atoms with Gasteiger partial charge in [0.2, 0.25) is 5.82 Å². The molecule has 0 radical (unpaired) electrons. The molecule has 0 aliphatic rings. The normalized spacial score (nSPS) is 12.1. The van der Waals surface area contributed by atoms with Gasteiger partial charge in [0.05, 0.1) is 10.3 Å². The molecule has 0 bridgehead atoms. The lowest BCUT2D eigenvalue weighted by atomic mass is 9.74. The molecule has 1 aromatic rings. The van der Waals surface area contributed by atoms with E-state index >= 15 is 0 Å². The minimum atomic E-state index is -1.13. The molecule has 110 valence electrons. The molecule has 1 rings (SSSR count). The van der Waals surface area contributed by atoms with Crippen molar-refractivity contribution >= 4 is 17.5 Å². The van der Waals surface area contributed by atoms with Gasteiger partial charge in [-0.15, -0.1) is 0 Å². The first kappa shape index (κ1) is 15.9. The summed E-state index contributed by atoms with van der Waals surface area (Å²) in [4.78, 5) is 25.9. The topological polar surface area (TPSA) is 105 Å². The van der Waals surface area contributed by atoms with Gasteiger partial charge in [-0.1, -0.05) is 0 Å². The van der Waals surface area contributed by atoms with Crippen LogP contribution in [-0.4, -0.2) is 26.5 Å². The number of anilines is 1. The van der Waals surface area contributed by atoms with E-state index in [0.29, 0.717) is 5.69 Å². The molecule has 0 spiro atoms. The summed E-state index contributed by atoms with van der Waals surface area (Å²) in [5.74, 6) is -0.917. The van der Waals surface area contributed by atoms with Gasteiger partial charge in [0, 0.05) is 17.3 Å². The van der Waals surface area contributed by atoms with Crippen LogP contribution in [0, 0.1) is 22.5 Å². The Kier molecular flexibility index (Phi) is 4.02. The van der Waals surface area contributed by atoms with E-state index in [1.54, 1.807) is 40.7 Å².